The molecule has 2 aromatic heterocycles. The van der Waals surface area contributed by atoms with E-state index in [-0.39, 0.29) is 36.3 Å². The van der Waals surface area contributed by atoms with Crippen molar-refractivity contribution in [2.24, 2.45) is 0 Å². The lowest BCUT2D eigenvalue weighted by molar-refractivity contribution is -0.122. The van der Waals surface area contributed by atoms with Crippen LogP contribution < -0.4 is 10.2 Å². The number of hydrogen-bond donors (Lipinski definition) is 1. The summed E-state index contributed by atoms with van der Waals surface area (Å²) in [4.78, 5) is 29.2. The van der Waals surface area contributed by atoms with Gasteiger partial charge in [-0.2, -0.15) is 5.10 Å². The zero-order valence-corrected chi connectivity index (χ0v) is 17.8. The highest BCUT2D eigenvalue weighted by atomic mass is 19.1. The quantitative estimate of drug-likeness (QED) is 0.588. The van der Waals surface area contributed by atoms with E-state index >= 15 is 0 Å². The number of nitrogens with one attached hydrogen (secondary N) is 1. The fourth-order valence-corrected chi connectivity index (χ4v) is 3.53. The molecule has 0 spiro atoms. The molecule has 4 rings (SSSR count). The van der Waals surface area contributed by atoms with Crippen molar-refractivity contribution in [3.05, 3.63) is 42.6 Å². The van der Waals surface area contributed by atoms with Crippen LogP contribution in [0.1, 0.15) is 33.1 Å². The second kappa shape index (κ2) is 8.36. The van der Waals surface area contributed by atoms with E-state index < -0.39 is 23.6 Å². The van der Waals surface area contributed by atoms with Crippen molar-refractivity contribution in [3.63, 3.8) is 0 Å². The number of rotatable bonds is 7. The third-order valence-electron chi connectivity index (χ3n) is 5.44. The highest BCUT2D eigenvalue weighted by Gasteiger charge is 2.44. The summed E-state index contributed by atoms with van der Waals surface area (Å²) >= 11 is 0. The molecule has 11 nitrogen and oxygen atoms in total. The van der Waals surface area contributed by atoms with Gasteiger partial charge in [0.1, 0.15) is 31.1 Å². The molecule has 12 heteroatoms. The van der Waals surface area contributed by atoms with Gasteiger partial charge in [-0.15, -0.1) is 10.2 Å². The number of hydrogen-bond acceptors (Lipinski definition) is 8. The number of halogens is 1. The predicted octanol–water partition coefficient (Wildman–Crippen LogP) is 2.15. The zero-order valence-electron chi connectivity index (χ0n) is 17.8. The van der Waals surface area contributed by atoms with Crippen LogP contribution in [0.15, 0.2) is 35.3 Å². The number of nitrogens with zero attached hydrogens (tertiary/aromatic N) is 6. The summed E-state index contributed by atoms with van der Waals surface area (Å²) < 4.78 is 27.4. The standard InChI is InChI=1S/C20H22FN7O4/c1-4-20(3,24-12(2)29)16-8-28(19(30)31-16)13-5-6-14(15(21)7-13)18-26-25-17(32-18)9-27-11-22-10-23-27/h5-7,10-11,16H,4,8-9H2,1-3H3,(H,24,29). The van der Waals surface area contributed by atoms with E-state index in [0.29, 0.717) is 12.1 Å². The lowest BCUT2D eigenvalue weighted by Crippen LogP contribution is -2.54. The SMILES string of the molecule is CCC(C)(NC(C)=O)C1CN(c2ccc(-c3nnc(Cn4cncn4)o3)c(F)c2)C(=O)O1. The average Bonchev–Trinajstić information content (AvgIpc) is 3.49. The van der Waals surface area contributed by atoms with Crippen molar-refractivity contribution in [2.75, 3.05) is 11.4 Å². The van der Waals surface area contributed by atoms with Gasteiger partial charge in [0.05, 0.1) is 23.3 Å². The number of cyclic esters (lactones) is 1. The minimum Gasteiger partial charge on any atom is -0.441 e. The van der Waals surface area contributed by atoms with Crippen molar-refractivity contribution in [2.45, 2.75) is 45.4 Å². The second-order valence-corrected chi connectivity index (χ2v) is 7.69. The monoisotopic (exact) mass is 443 g/mol. The summed E-state index contributed by atoms with van der Waals surface area (Å²) in [5.74, 6) is -0.594. The van der Waals surface area contributed by atoms with Crippen molar-refractivity contribution in [1.82, 2.24) is 30.3 Å². The number of benzene rings is 1. The molecule has 168 valence electrons. The zero-order chi connectivity index (χ0) is 22.9. The maximum atomic E-state index is 14.9. The van der Waals surface area contributed by atoms with E-state index in [4.69, 9.17) is 9.15 Å². The Morgan fingerprint density at radius 1 is 1.38 bits per heavy atom. The van der Waals surface area contributed by atoms with Crippen LogP contribution in [-0.2, 0) is 16.1 Å². The minimum atomic E-state index is -0.737. The summed E-state index contributed by atoms with van der Waals surface area (Å²) in [5, 5.41) is 14.6. The molecular formula is C20H22FN7O4. The number of anilines is 1. The van der Waals surface area contributed by atoms with Crippen LogP contribution >= 0.6 is 0 Å². The fourth-order valence-electron chi connectivity index (χ4n) is 3.53. The molecule has 1 N–H and O–H groups in total. The maximum absolute atomic E-state index is 14.9. The third-order valence-corrected chi connectivity index (χ3v) is 5.44. The minimum absolute atomic E-state index is 0.00950. The van der Waals surface area contributed by atoms with Gasteiger partial charge in [-0.05, 0) is 31.5 Å². The van der Waals surface area contributed by atoms with Gasteiger partial charge in [-0.1, -0.05) is 6.92 Å². The van der Waals surface area contributed by atoms with Crippen LogP contribution in [0.5, 0.6) is 0 Å². The van der Waals surface area contributed by atoms with Crippen LogP contribution in [0, 0.1) is 5.82 Å². The molecule has 0 radical (unpaired) electrons. The fraction of sp³-hybridized carbons (Fsp3) is 0.400. The molecule has 2 unspecified atom stereocenters. The number of ether oxygens (including phenoxy) is 1. The van der Waals surface area contributed by atoms with E-state index in [1.165, 1.54) is 41.3 Å². The Morgan fingerprint density at radius 3 is 2.84 bits per heavy atom. The van der Waals surface area contributed by atoms with Gasteiger partial charge >= 0.3 is 6.09 Å². The predicted molar refractivity (Wildman–Crippen MR) is 109 cm³/mol. The Morgan fingerprint density at radius 2 is 2.19 bits per heavy atom. The third kappa shape index (κ3) is 4.15. The summed E-state index contributed by atoms with van der Waals surface area (Å²) in [6, 6.07) is 4.25. The Bertz CT molecular complexity index is 1130. The molecule has 3 heterocycles. The molecular weight excluding hydrogens is 421 g/mol. The van der Waals surface area contributed by atoms with Crippen molar-refractivity contribution < 1.29 is 23.1 Å². The van der Waals surface area contributed by atoms with Crippen LogP contribution in [0.4, 0.5) is 14.9 Å². The Kier molecular flexibility index (Phi) is 5.59. The Labute approximate surface area is 182 Å². The maximum Gasteiger partial charge on any atom is 0.414 e. The molecule has 1 aromatic carbocycles. The van der Waals surface area contributed by atoms with Crippen LogP contribution in [0.3, 0.4) is 0 Å². The summed E-state index contributed by atoms with van der Waals surface area (Å²) in [7, 11) is 0. The molecule has 0 bridgehead atoms. The topological polar surface area (TPSA) is 128 Å². The summed E-state index contributed by atoms with van der Waals surface area (Å²) in [6.45, 7) is 5.49. The van der Waals surface area contributed by atoms with E-state index in [1.807, 2.05) is 13.8 Å². The molecule has 32 heavy (non-hydrogen) atoms. The molecule has 2 amide bonds. The molecule has 1 aliphatic heterocycles. The van der Waals surface area contributed by atoms with E-state index in [2.05, 4.69) is 25.6 Å². The summed E-state index contributed by atoms with van der Waals surface area (Å²) in [6.07, 6.45) is 2.24. The lowest BCUT2D eigenvalue weighted by atomic mass is 9.91. The number of carbonyl (C=O) groups is 2. The van der Waals surface area contributed by atoms with Crippen LogP contribution in [-0.4, -0.2) is 55.1 Å². The van der Waals surface area contributed by atoms with Crippen molar-refractivity contribution in [3.8, 4) is 11.5 Å². The number of aromatic nitrogens is 5. The first-order chi connectivity index (χ1) is 15.3. The van der Waals surface area contributed by atoms with E-state index in [0.717, 1.165) is 0 Å². The first-order valence-electron chi connectivity index (χ1n) is 10.0. The highest BCUT2D eigenvalue weighted by molar-refractivity contribution is 5.90. The van der Waals surface area contributed by atoms with Gasteiger partial charge in [0.15, 0.2) is 0 Å². The van der Waals surface area contributed by atoms with E-state index in [1.54, 1.807) is 6.07 Å². The van der Waals surface area contributed by atoms with Gasteiger partial charge in [-0.3, -0.25) is 9.69 Å². The van der Waals surface area contributed by atoms with Crippen LogP contribution in [0.25, 0.3) is 11.5 Å². The first kappa shape index (κ1) is 21.4. The first-order valence-corrected chi connectivity index (χ1v) is 10.0. The van der Waals surface area contributed by atoms with Gasteiger partial charge in [-0.25, -0.2) is 18.9 Å². The van der Waals surface area contributed by atoms with Crippen molar-refractivity contribution in [1.29, 1.82) is 0 Å². The molecule has 0 aliphatic carbocycles. The van der Waals surface area contributed by atoms with Crippen LogP contribution in [0.2, 0.25) is 0 Å². The summed E-state index contributed by atoms with van der Waals surface area (Å²) in [5.41, 5.74) is -0.312. The Hall–Kier alpha value is -3.83. The molecule has 1 saturated heterocycles. The normalized spacial score (nSPS) is 17.8. The van der Waals surface area contributed by atoms with Gasteiger partial charge < -0.3 is 14.5 Å². The largest absolute Gasteiger partial charge is 0.441 e. The molecule has 1 aliphatic rings. The van der Waals surface area contributed by atoms with Gasteiger partial charge in [0, 0.05) is 6.92 Å². The molecule has 3 aromatic rings. The van der Waals surface area contributed by atoms with E-state index in [9.17, 15) is 14.0 Å². The lowest BCUT2D eigenvalue weighted by Gasteiger charge is -2.33. The second-order valence-electron chi connectivity index (χ2n) is 7.69. The number of amides is 2. The molecule has 2 atom stereocenters. The van der Waals surface area contributed by atoms with Gasteiger partial charge in [0.25, 0.3) is 5.89 Å². The van der Waals surface area contributed by atoms with Gasteiger partial charge in [0.2, 0.25) is 11.8 Å². The van der Waals surface area contributed by atoms with Crippen molar-refractivity contribution >= 4 is 17.7 Å². The molecule has 0 saturated carbocycles. The average molecular weight is 443 g/mol. The Balaban J connectivity index is 1.52. The number of carbonyl (C=O) groups excluding carboxylic acids is 2. The smallest absolute Gasteiger partial charge is 0.414 e. The highest BCUT2D eigenvalue weighted by Crippen LogP contribution is 2.31. The molecule has 1 fully saturated rings.